The summed E-state index contributed by atoms with van der Waals surface area (Å²) in [6.07, 6.45) is 0. The zero-order valence-corrected chi connectivity index (χ0v) is 10.5. The van der Waals surface area contributed by atoms with E-state index in [0.29, 0.717) is 13.2 Å². The van der Waals surface area contributed by atoms with Crippen LogP contribution in [0.5, 0.6) is 5.75 Å². The maximum absolute atomic E-state index is 10.5. The average molecular weight is 288 g/mol. The van der Waals surface area contributed by atoms with Crippen molar-refractivity contribution < 1.29 is 14.6 Å². The summed E-state index contributed by atoms with van der Waals surface area (Å²) in [5, 5.41) is 11.5. The number of hydrogen-bond donors (Lipinski definition) is 2. The summed E-state index contributed by atoms with van der Waals surface area (Å²) in [4.78, 5) is 10.5. The molecule has 1 atom stereocenters. The first kappa shape index (κ1) is 13.0. The van der Waals surface area contributed by atoms with E-state index in [-0.39, 0.29) is 0 Å². The molecule has 4 nitrogen and oxygen atoms in total. The molecule has 0 aromatic heterocycles. The SMILES string of the molecule is C[C@@H](NCCOc1ccc(Br)cc1)C(=O)O. The molecule has 0 radical (unpaired) electrons. The quantitative estimate of drug-likeness (QED) is 0.785. The highest BCUT2D eigenvalue weighted by atomic mass is 79.9. The number of rotatable bonds is 6. The number of carboxylic acids is 1. The van der Waals surface area contributed by atoms with Gasteiger partial charge in [0.05, 0.1) is 0 Å². The van der Waals surface area contributed by atoms with Gasteiger partial charge in [0.2, 0.25) is 0 Å². The standard InChI is InChI=1S/C11H14BrNO3/c1-8(11(14)15)13-6-7-16-10-4-2-9(12)3-5-10/h2-5,8,13H,6-7H2,1H3,(H,14,15)/t8-/m1/s1. The molecule has 0 unspecified atom stereocenters. The number of nitrogens with one attached hydrogen (secondary N) is 1. The first-order valence-electron chi connectivity index (χ1n) is 4.94. The van der Waals surface area contributed by atoms with E-state index < -0.39 is 12.0 Å². The minimum atomic E-state index is -0.858. The van der Waals surface area contributed by atoms with Crippen molar-refractivity contribution >= 4 is 21.9 Å². The summed E-state index contributed by atoms with van der Waals surface area (Å²) in [5.41, 5.74) is 0. The zero-order chi connectivity index (χ0) is 12.0. The van der Waals surface area contributed by atoms with Crippen LogP contribution in [-0.2, 0) is 4.79 Å². The van der Waals surface area contributed by atoms with Gasteiger partial charge in [-0.2, -0.15) is 0 Å². The molecular formula is C11H14BrNO3. The number of carboxylic acid groups (broad SMARTS) is 1. The Kier molecular flexibility index (Phi) is 5.28. The van der Waals surface area contributed by atoms with E-state index in [1.54, 1.807) is 6.92 Å². The third kappa shape index (κ3) is 4.63. The summed E-state index contributed by atoms with van der Waals surface area (Å²) < 4.78 is 6.41. The van der Waals surface area contributed by atoms with Crippen LogP contribution in [0.25, 0.3) is 0 Å². The molecule has 16 heavy (non-hydrogen) atoms. The first-order valence-corrected chi connectivity index (χ1v) is 5.73. The summed E-state index contributed by atoms with van der Waals surface area (Å²) in [6, 6.07) is 6.94. The molecule has 0 aliphatic heterocycles. The van der Waals surface area contributed by atoms with Crippen molar-refractivity contribution in [1.29, 1.82) is 0 Å². The molecule has 0 fully saturated rings. The molecule has 0 heterocycles. The van der Waals surface area contributed by atoms with E-state index in [0.717, 1.165) is 10.2 Å². The highest BCUT2D eigenvalue weighted by Crippen LogP contribution is 2.15. The van der Waals surface area contributed by atoms with Gasteiger partial charge in [-0.15, -0.1) is 0 Å². The van der Waals surface area contributed by atoms with E-state index in [9.17, 15) is 4.79 Å². The normalized spacial score (nSPS) is 12.1. The van der Waals surface area contributed by atoms with Gasteiger partial charge in [-0.25, -0.2) is 0 Å². The Hall–Kier alpha value is -1.07. The molecule has 0 aliphatic rings. The molecule has 0 spiro atoms. The van der Waals surface area contributed by atoms with Gasteiger partial charge >= 0.3 is 5.97 Å². The molecule has 88 valence electrons. The highest BCUT2D eigenvalue weighted by Gasteiger charge is 2.08. The molecule has 2 N–H and O–H groups in total. The molecule has 1 aromatic carbocycles. The molecule has 0 aliphatic carbocycles. The lowest BCUT2D eigenvalue weighted by Crippen LogP contribution is -2.36. The molecule has 1 aromatic rings. The molecular weight excluding hydrogens is 274 g/mol. The van der Waals surface area contributed by atoms with Gasteiger partial charge in [0.25, 0.3) is 0 Å². The van der Waals surface area contributed by atoms with Crippen molar-refractivity contribution in [2.24, 2.45) is 0 Å². The molecule has 1 rings (SSSR count). The van der Waals surface area contributed by atoms with Crippen LogP contribution in [0.3, 0.4) is 0 Å². The van der Waals surface area contributed by atoms with Crippen molar-refractivity contribution in [3.05, 3.63) is 28.7 Å². The van der Waals surface area contributed by atoms with E-state index in [4.69, 9.17) is 9.84 Å². The maximum atomic E-state index is 10.5. The third-order valence-electron chi connectivity index (χ3n) is 2.01. The number of benzene rings is 1. The fraction of sp³-hybridized carbons (Fsp3) is 0.364. The topological polar surface area (TPSA) is 58.6 Å². The largest absolute Gasteiger partial charge is 0.492 e. The smallest absolute Gasteiger partial charge is 0.320 e. The Morgan fingerprint density at radius 1 is 1.50 bits per heavy atom. The Morgan fingerprint density at radius 3 is 2.69 bits per heavy atom. The number of ether oxygens (including phenoxy) is 1. The number of aliphatic carboxylic acids is 1. The second-order valence-corrected chi connectivity index (χ2v) is 4.23. The minimum Gasteiger partial charge on any atom is -0.492 e. The van der Waals surface area contributed by atoms with Crippen LogP contribution in [-0.4, -0.2) is 30.3 Å². The van der Waals surface area contributed by atoms with Crippen LogP contribution in [0.1, 0.15) is 6.92 Å². The van der Waals surface area contributed by atoms with Crippen LogP contribution in [0, 0.1) is 0 Å². The van der Waals surface area contributed by atoms with E-state index in [1.165, 1.54) is 0 Å². The summed E-state index contributed by atoms with van der Waals surface area (Å²) >= 11 is 3.33. The molecule has 0 bridgehead atoms. The summed E-state index contributed by atoms with van der Waals surface area (Å²) in [6.45, 7) is 2.55. The summed E-state index contributed by atoms with van der Waals surface area (Å²) in [5.74, 6) is -0.0865. The van der Waals surface area contributed by atoms with Gasteiger partial charge < -0.3 is 15.2 Å². The van der Waals surface area contributed by atoms with Gasteiger partial charge in [0, 0.05) is 11.0 Å². The predicted octanol–water partition coefficient (Wildman–Crippen LogP) is 1.89. The van der Waals surface area contributed by atoms with Crippen molar-refractivity contribution in [3.63, 3.8) is 0 Å². The van der Waals surface area contributed by atoms with Crippen molar-refractivity contribution in [3.8, 4) is 5.75 Å². The molecule has 0 amide bonds. The number of halogens is 1. The first-order chi connectivity index (χ1) is 7.59. The predicted molar refractivity (Wildman–Crippen MR) is 64.7 cm³/mol. The lowest BCUT2D eigenvalue weighted by atomic mass is 10.3. The molecule has 0 saturated heterocycles. The Morgan fingerprint density at radius 2 is 2.12 bits per heavy atom. The van der Waals surface area contributed by atoms with Gasteiger partial charge in [-0.3, -0.25) is 4.79 Å². The Labute approximate surface area is 103 Å². The van der Waals surface area contributed by atoms with Crippen molar-refractivity contribution in [2.45, 2.75) is 13.0 Å². The number of carbonyl (C=O) groups is 1. The monoisotopic (exact) mass is 287 g/mol. The van der Waals surface area contributed by atoms with Gasteiger partial charge in [-0.1, -0.05) is 15.9 Å². The van der Waals surface area contributed by atoms with Gasteiger partial charge in [-0.05, 0) is 31.2 Å². The van der Waals surface area contributed by atoms with Crippen LogP contribution in [0.4, 0.5) is 0 Å². The minimum absolute atomic E-state index is 0.444. The van der Waals surface area contributed by atoms with E-state index >= 15 is 0 Å². The second-order valence-electron chi connectivity index (χ2n) is 3.32. The fourth-order valence-electron chi connectivity index (χ4n) is 1.06. The van der Waals surface area contributed by atoms with Crippen LogP contribution in [0.15, 0.2) is 28.7 Å². The second kappa shape index (κ2) is 6.50. The summed E-state index contributed by atoms with van der Waals surface area (Å²) in [7, 11) is 0. The lowest BCUT2D eigenvalue weighted by Gasteiger charge is -2.10. The van der Waals surface area contributed by atoms with Crippen molar-refractivity contribution in [2.75, 3.05) is 13.2 Å². The number of hydrogen-bond acceptors (Lipinski definition) is 3. The lowest BCUT2D eigenvalue weighted by molar-refractivity contribution is -0.139. The Bertz CT molecular complexity index is 340. The van der Waals surface area contributed by atoms with Crippen LogP contribution in [0.2, 0.25) is 0 Å². The molecule has 0 saturated carbocycles. The molecule has 5 heteroatoms. The average Bonchev–Trinajstić information content (AvgIpc) is 2.26. The van der Waals surface area contributed by atoms with Crippen LogP contribution >= 0.6 is 15.9 Å². The van der Waals surface area contributed by atoms with E-state index in [2.05, 4.69) is 21.2 Å². The fourth-order valence-corrected chi connectivity index (χ4v) is 1.33. The van der Waals surface area contributed by atoms with E-state index in [1.807, 2.05) is 24.3 Å². The van der Waals surface area contributed by atoms with Gasteiger partial charge in [0.1, 0.15) is 18.4 Å². The van der Waals surface area contributed by atoms with Crippen LogP contribution < -0.4 is 10.1 Å². The van der Waals surface area contributed by atoms with Crippen molar-refractivity contribution in [1.82, 2.24) is 5.32 Å². The highest BCUT2D eigenvalue weighted by molar-refractivity contribution is 9.10. The zero-order valence-electron chi connectivity index (χ0n) is 8.94. The third-order valence-corrected chi connectivity index (χ3v) is 2.53. The Balaban J connectivity index is 2.21. The van der Waals surface area contributed by atoms with Gasteiger partial charge in [0.15, 0.2) is 0 Å². The maximum Gasteiger partial charge on any atom is 0.320 e.